The molecule has 0 saturated carbocycles. The van der Waals surface area contributed by atoms with Crippen molar-refractivity contribution in [3.63, 3.8) is 0 Å². The Balaban J connectivity index is 4.34. The smallest absolute Gasteiger partial charge is 0.306 e. The van der Waals surface area contributed by atoms with Crippen molar-refractivity contribution in [1.82, 2.24) is 0 Å². The van der Waals surface area contributed by atoms with Crippen molar-refractivity contribution in [3.8, 4) is 0 Å². The summed E-state index contributed by atoms with van der Waals surface area (Å²) in [5.41, 5.74) is 0. The van der Waals surface area contributed by atoms with Crippen LogP contribution < -0.4 is 0 Å². The number of allylic oxidation sites excluding steroid dienone is 10. The molecular weight excluding hydrogens is 717 g/mol. The number of esters is 2. The Hall–Kier alpha value is -2.40. The summed E-state index contributed by atoms with van der Waals surface area (Å²) in [5.74, 6) is -0.488. The van der Waals surface area contributed by atoms with Crippen LogP contribution in [-0.2, 0) is 23.8 Å². The second-order valence-corrected chi connectivity index (χ2v) is 16.3. The summed E-state index contributed by atoms with van der Waals surface area (Å²) in [7, 11) is 0. The Morgan fingerprint density at radius 1 is 0.397 bits per heavy atom. The lowest BCUT2D eigenvalue weighted by Crippen LogP contribution is -2.30. The molecule has 0 heterocycles. The van der Waals surface area contributed by atoms with Crippen molar-refractivity contribution in [2.24, 2.45) is 0 Å². The number of hydrogen-bond donors (Lipinski definition) is 0. The molecule has 0 radical (unpaired) electrons. The summed E-state index contributed by atoms with van der Waals surface area (Å²) < 4.78 is 17.3. The van der Waals surface area contributed by atoms with Gasteiger partial charge >= 0.3 is 11.9 Å². The topological polar surface area (TPSA) is 61.8 Å². The van der Waals surface area contributed by atoms with Gasteiger partial charge in [0.05, 0.1) is 6.61 Å². The first-order chi connectivity index (χ1) is 28.6. The molecule has 0 fully saturated rings. The standard InChI is InChI=1S/C53H94O5/c1-4-7-10-13-16-19-22-25-26-27-30-33-36-39-42-45-48-56-49-51(58-53(55)47-44-41-38-35-32-29-24-21-18-15-12-9-6-3)50-57-52(54)46-43-40-37-34-31-28-23-20-17-14-11-8-5-2/h8,11,17,20,25-26,28,31,37,40,51H,4-7,9-10,12-16,18-19,21-24,27,29-30,32-36,38-39,41-50H2,1-3H3/b11-8-,20-17-,26-25-,31-28-,40-37-. The maximum atomic E-state index is 12.8. The number of carbonyl (C=O) groups is 2. The van der Waals surface area contributed by atoms with Crippen molar-refractivity contribution in [1.29, 1.82) is 0 Å². The lowest BCUT2D eigenvalue weighted by molar-refractivity contribution is -0.162. The summed E-state index contributed by atoms with van der Waals surface area (Å²) in [6.07, 6.45) is 60.9. The van der Waals surface area contributed by atoms with Crippen LogP contribution in [0.15, 0.2) is 60.8 Å². The first-order valence-electron chi connectivity index (χ1n) is 24.8. The van der Waals surface area contributed by atoms with E-state index in [0.717, 1.165) is 51.4 Å². The van der Waals surface area contributed by atoms with Crippen molar-refractivity contribution >= 4 is 11.9 Å². The highest BCUT2D eigenvalue weighted by molar-refractivity contribution is 5.70. The van der Waals surface area contributed by atoms with E-state index < -0.39 is 6.10 Å². The first kappa shape index (κ1) is 55.6. The van der Waals surface area contributed by atoms with Gasteiger partial charge in [0.15, 0.2) is 6.10 Å². The van der Waals surface area contributed by atoms with E-state index in [4.69, 9.17) is 14.2 Å². The second-order valence-electron chi connectivity index (χ2n) is 16.3. The third kappa shape index (κ3) is 46.3. The maximum absolute atomic E-state index is 12.8. The van der Waals surface area contributed by atoms with Gasteiger partial charge in [-0.25, -0.2) is 0 Å². The molecule has 5 nitrogen and oxygen atoms in total. The van der Waals surface area contributed by atoms with Crippen LogP contribution in [0.25, 0.3) is 0 Å². The second kappa shape index (κ2) is 49.0. The van der Waals surface area contributed by atoms with Crippen LogP contribution in [0.1, 0.15) is 239 Å². The van der Waals surface area contributed by atoms with Crippen molar-refractivity contribution < 1.29 is 23.8 Å². The molecule has 0 aromatic heterocycles. The molecule has 0 aliphatic heterocycles. The quantitative estimate of drug-likeness (QED) is 0.0348. The number of ether oxygens (including phenoxy) is 3. The van der Waals surface area contributed by atoms with Gasteiger partial charge in [-0.2, -0.15) is 0 Å². The molecule has 0 aliphatic carbocycles. The van der Waals surface area contributed by atoms with Crippen molar-refractivity contribution in [2.75, 3.05) is 19.8 Å². The third-order valence-corrected chi connectivity index (χ3v) is 10.6. The molecule has 0 bridgehead atoms. The largest absolute Gasteiger partial charge is 0.462 e. The van der Waals surface area contributed by atoms with Gasteiger partial charge in [0.2, 0.25) is 0 Å². The SMILES string of the molecule is CC/C=C\C/C=C\C/C=C\C/C=C\CCC(=O)OCC(COCCCCCCCC/C=C\CCCCCCCC)OC(=O)CCCCCCCCCCCCCCC. The molecule has 0 N–H and O–H groups in total. The molecule has 0 spiro atoms. The number of hydrogen-bond acceptors (Lipinski definition) is 5. The molecule has 1 unspecified atom stereocenters. The van der Waals surface area contributed by atoms with Gasteiger partial charge in [-0.05, 0) is 70.6 Å². The Kier molecular flexibility index (Phi) is 46.9. The molecule has 0 aromatic carbocycles. The fraction of sp³-hybridized carbons (Fsp3) is 0.774. The van der Waals surface area contributed by atoms with E-state index in [0.29, 0.717) is 25.9 Å². The minimum absolute atomic E-state index is 0.0464. The molecule has 336 valence electrons. The van der Waals surface area contributed by atoms with E-state index in [1.807, 2.05) is 6.08 Å². The highest BCUT2D eigenvalue weighted by atomic mass is 16.6. The zero-order chi connectivity index (χ0) is 42.1. The minimum atomic E-state index is -0.565. The Bertz CT molecular complexity index is 1010. The molecule has 0 aromatic rings. The average molecular weight is 811 g/mol. The van der Waals surface area contributed by atoms with E-state index >= 15 is 0 Å². The number of unbranched alkanes of at least 4 members (excludes halogenated alkanes) is 24. The molecule has 0 amide bonds. The molecular formula is C53H94O5. The van der Waals surface area contributed by atoms with E-state index in [-0.39, 0.29) is 25.2 Å². The van der Waals surface area contributed by atoms with Gasteiger partial charge in [0.25, 0.3) is 0 Å². The molecule has 1 atom stereocenters. The van der Waals surface area contributed by atoms with E-state index in [1.165, 1.54) is 148 Å². The summed E-state index contributed by atoms with van der Waals surface area (Å²) in [5, 5.41) is 0. The molecule has 0 rings (SSSR count). The van der Waals surface area contributed by atoms with Crippen LogP contribution in [-0.4, -0.2) is 37.9 Å². The summed E-state index contributed by atoms with van der Waals surface area (Å²) in [6.45, 7) is 7.63. The number of rotatable bonds is 45. The van der Waals surface area contributed by atoms with E-state index in [1.54, 1.807) is 0 Å². The maximum Gasteiger partial charge on any atom is 0.306 e. The van der Waals surface area contributed by atoms with Gasteiger partial charge in [-0.3, -0.25) is 9.59 Å². The number of carbonyl (C=O) groups excluding carboxylic acids is 2. The predicted octanol–water partition coefficient (Wildman–Crippen LogP) is 16.6. The summed E-state index contributed by atoms with van der Waals surface area (Å²) >= 11 is 0. The fourth-order valence-electron chi connectivity index (χ4n) is 6.87. The highest BCUT2D eigenvalue weighted by Crippen LogP contribution is 2.14. The van der Waals surface area contributed by atoms with Gasteiger partial charge in [-0.15, -0.1) is 0 Å². The van der Waals surface area contributed by atoms with Crippen molar-refractivity contribution in [3.05, 3.63) is 60.8 Å². The van der Waals surface area contributed by atoms with Crippen LogP contribution >= 0.6 is 0 Å². The van der Waals surface area contributed by atoms with Crippen molar-refractivity contribution in [2.45, 2.75) is 245 Å². The van der Waals surface area contributed by atoms with Crippen LogP contribution in [0.5, 0.6) is 0 Å². The molecule has 5 heteroatoms. The zero-order valence-electron chi connectivity index (χ0n) is 38.6. The van der Waals surface area contributed by atoms with Gasteiger partial charge < -0.3 is 14.2 Å². The van der Waals surface area contributed by atoms with Gasteiger partial charge in [-0.1, -0.05) is 216 Å². The molecule has 0 aliphatic rings. The van der Waals surface area contributed by atoms with Gasteiger partial charge in [0.1, 0.15) is 6.61 Å². The summed E-state index contributed by atoms with van der Waals surface area (Å²) in [6, 6.07) is 0. The zero-order valence-corrected chi connectivity index (χ0v) is 38.6. The van der Waals surface area contributed by atoms with Crippen LogP contribution in [0, 0.1) is 0 Å². The lowest BCUT2D eigenvalue weighted by atomic mass is 10.0. The normalized spacial score (nSPS) is 12.7. The Morgan fingerprint density at radius 3 is 1.31 bits per heavy atom. The highest BCUT2D eigenvalue weighted by Gasteiger charge is 2.17. The molecule has 58 heavy (non-hydrogen) atoms. The summed E-state index contributed by atoms with van der Waals surface area (Å²) in [4.78, 5) is 25.3. The Morgan fingerprint density at radius 2 is 0.810 bits per heavy atom. The minimum Gasteiger partial charge on any atom is -0.462 e. The average Bonchev–Trinajstić information content (AvgIpc) is 3.22. The fourth-order valence-corrected chi connectivity index (χ4v) is 6.87. The van der Waals surface area contributed by atoms with E-state index in [2.05, 4.69) is 75.5 Å². The first-order valence-corrected chi connectivity index (χ1v) is 24.8. The third-order valence-electron chi connectivity index (χ3n) is 10.6. The van der Waals surface area contributed by atoms with Gasteiger partial charge in [0, 0.05) is 19.4 Å². The predicted molar refractivity (Wildman–Crippen MR) is 251 cm³/mol. The van der Waals surface area contributed by atoms with Crippen LogP contribution in [0.2, 0.25) is 0 Å². The Labute approximate surface area is 360 Å². The lowest BCUT2D eigenvalue weighted by Gasteiger charge is -2.18. The van der Waals surface area contributed by atoms with Crippen LogP contribution in [0.4, 0.5) is 0 Å². The molecule has 0 saturated heterocycles. The monoisotopic (exact) mass is 811 g/mol. The van der Waals surface area contributed by atoms with Crippen LogP contribution in [0.3, 0.4) is 0 Å². The van der Waals surface area contributed by atoms with E-state index in [9.17, 15) is 9.59 Å².